The molecule has 7 nitrogen and oxygen atoms in total. The number of nitrogens with zero attached hydrogens (tertiary/aromatic N) is 3. The molecule has 2 heterocycles. The third-order valence-electron chi connectivity index (χ3n) is 3.77. The second-order valence-electron chi connectivity index (χ2n) is 4.68. The molecule has 104 valence electrons. The summed E-state index contributed by atoms with van der Waals surface area (Å²) in [6.07, 6.45) is 3.74. The fraction of sp³-hybridized carbons (Fsp3) is 0.667. The van der Waals surface area contributed by atoms with Gasteiger partial charge in [-0.2, -0.15) is 0 Å². The Hall–Kier alpha value is -1.60. The molecule has 19 heavy (non-hydrogen) atoms. The Morgan fingerprint density at radius 1 is 1.05 bits per heavy atom. The van der Waals surface area contributed by atoms with E-state index in [0.717, 1.165) is 4.57 Å². The van der Waals surface area contributed by atoms with Gasteiger partial charge in [-0.1, -0.05) is 12.2 Å². The van der Waals surface area contributed by atoms with Gasteiger partial charge in [0.05, 0.1) is 0 Å². The van der Waals surface area contributed by atoms with Crippen LogP contribution in [0.4, 0.5) is 0 Å². The van der Waals surface area contributed by atoms with Gasteiger partial charge in [-0.3, -0.25) is 0 Å². The topological polar surface area (TPSA) is 67.4 Å². The summed E-state index contributed by atoms with van der Waals surface area (Å²) in [5, 5.41) is 0. The Kier molecular flexibility index (Phi) is 2.58. The highest BCUT2D eigenvalue weighted by molar-refractivity contribution is 5.22. The number of fused-ring (bicyclic) bond motifs is 5. The van der Waals surface area contributed by atoms with E-state index in [2.05, 4.69) is 0 Å². The van der Waals surface area contributed by atoms with Gasteiger partial charge in [0.25, 0.3) is 0 Å². The average molecular weight is 267 g/mol. The minimum Gasteiger partial charge on any atom is -0.346 e. The Balaban J connectivity index is 2.20. The summed E-state index contributed by atoms with van der Waals surface area (Å²) < 4.78 is 15.6. The normalized spacial score (nSPS) is 26.1. The molecule has 0 radical (unpaired) electrons. The van der Waals surface area contributed by atoms with E-state index < -0.39 is 17.9 Å². The monoisotopic (exact) mass is 267 g/mol. The molecule has 2 aliphatic rings. The maximum Gasteiger partial charge on any atom is 0.347 e. The van der Waals surface area contributed by atoms with Crippen molar-refractivity contribution in [1.29, 1.82) is 0 Å². The fourth-order valence-corrected chi connectivity index (χ4v) is 3.07. The molecule has 0 spiro atoms. The zero-order valence-corrected chi connectivity index (χ0v) is 11.2. The Morgan fingerprint density at radius 2 is 1.47 bits per heavy atom. The van der Waals surface area contributed by atoms with Crippen molar-refractivity contribution in [2.75, 3.05) is 13.2 Å². The summed E-state index contributed by atoms with van der Waals surface area (Å²) in [6, 6.07) is -0.780. The lowest BCUT2D eigenvalue weighted by molar-refractivity contribution is -0.246. The zero-order chi connectivity index (χ0) is 13.8. The van der Waals surface area contributed by atoms with Crippen LogP contribution in [0.3, 0.4) is 0 Å². The minimum atomic E-state index is -0.962. The molecule has 0 saturated heterocycles. The molecule has 2 atom stereocenters. The second-order valence-corrected chi connectivity index (χ2v) is 4.68. The Labute approximate surface area is 109 Å². The molecular formula is C12H17N3O4. The van der Waals surface area contributed by atoms with Crippen molar-refractivity contribution >= 4 is 0 Å². The van der Waals surface area contributed by atoms with Crippen LogP contribution >= 0.6 is 0 Å². The van der Waals surface area contributed by atoms with Crippen LogP contribution in [0.5, 0.6) is 0 Å². The lowest BCUT2D eigenvalue weighted by Gasteiger charge is -2.32. The first kappa shape index (κ1) is 12.4. The maximum absolute atomic E-state index is 12.1. The summed E-state index contributed by atoms with van der Waals surface area (Å²) in [5.74, 6) is -0.962. The maximum atomic E-state index is 12.1. The zero-order valence-electron chi connectivity index (χ0n) is 11.2. The predicted molar refractivity (Wildman–Crippen MR) is 67.1 cm³/mol. The van der Waals surface area contributed by atoms with E-state index in [1.54, 1.807) is 0 Å². The number of hydrogen-bond donors (Lipinski definition) is 0. The SMILES string of the molecule is CCOC1(OCC)[C@@H]2C=C[C@H]1n1c(=O)n(C)c(=O)n12. The van der Waals surface area contributed by atoms with Gasteiger partial charge in [-0.15, -0.1) is 0 Å². The van der Waals surface area contributed by atoms with Gasteiger partial charge in [0.15, 0.2) is 0 Å². The highest BCUT2D eigenvalue weighted by Gasteiger charge is 2.59. The highest BCUT2D eigenvalue weighted by Crippen LogP contribution is 2.48. The summed E-state index contributed by atoms with van der Waals surface area (Å²) in [5.41, 5.74) is -0.684. The molecule has 1 aliphatic carbocycles. The number of hydrogen-bond acceptors (Lipinski definition) is 4. The van der Waals surface area contributed by atoms with Crippen molar-refractivity contribution in [2.24, 2.45) is 7.05 Å². The molecule has 0 N–H and O–H groups in total. The molecule has 0 amide bonds. The number of rotatable bonds is 4. The highest BCUT2D eigenvalue weighted by atomic mass is 16.7. The van der Waals surface area contributed by atoms with Gasteiger partial charge < -0.3 is 9.47 Å². The van der Waals surface area contributed by atoms with Crippen molar-refractivity contribution in [2.45, 2.75) is 31.7 Å². The van der Waals surface area contributed by atoms with Crippen LogP contribution in [0, 0.1) is 0 Å². The summed E-state index contributed by atoms with van der Waals surface area (Å²) in [4.78, 5) is 24.3. The Morgan fingerprint density at radius 3 is 1.84 bits per heavy atom. The molecule has 0 unspecified atom stereocenters. The van der Waals surface area contributed by atoms with Gasteiger partial charge >= 0.3 is 11.4 Å². The predicted octanol–water partition coefficient (Wildman–Crippen LogP) is -0.217. The molecule has 7 heteroatoms. The quantitative estimate of drug-likeness (QED) is 0.559. The first-order valence-corrected chi connectivity index (χ1v) is 6.44. The molecule has 0 saturated carbocycles. The third kappa shape index (κ3) is 1.29. The molecule has 3 rings (SSSR count). The van der Waals surface area contributed by atoms with Crippen LogP contribution in [-0.2, 0) is 16.5 Å². The Bertz CT molecular complexity index is 597. The fourth-order valence-electron chi connectivity index (χ4n) is 3.07. The van der Waals surface area contributed by atoms with Gasteiger partial charge in [0, 0.05) is 20.3 Å². The molecule has 1 aromatic rings. The van der Waals surface area contributed by atoms with Crippen LogP contribution in [0.25, 0.3) is 0 Å². The van der Waals surface area contributed by atoms with E-state index in [1.807, 2.05) is 26.0 Å². The molecule has 0 fully saturated rings. The number of aromatic nitrogens is 3. The molecule has 1 aromatic heterocycles. The lowest BCUT2D eigenvalue weighted by Crippen LogP contribution is -2.44. The van der Waals surface area contributed by atoms with Crippen molar-refractivity contribution in [1.82, 2.24) is 13.9 Å². The summed E-state index contributed by atoms with van der Waals surface area (Å²) in [6.45, 7) is 4.65. The van der Waals surface area contributed by atoms with E-state index in [4.69, 9.17) is 9.47 Å². The van der Waals surface area contributed by atoms with Crippen molar-refractivity contribution in [3.05, 3.63) is 33.1 Å². The van der Waals surface area contributed by atoms with E-state index in [0.29, 0.717) is 13.2 Å². The van der Waals surface area contributed by atoms with Gasteiger partial charge in [-0.05, 0) is 13.8 Å². The van der Waals surface area contributed by atoms with Crippen LogP contribution in [0.15, 0.2) is 21.7 Å². The van der Waals surface area contributed by atoms with E-state index in [-0.39, 0.29) is 11.4 Å². The minimum absolute atomic E-state index is 0.342. The summed E-state index contributed by atoms with van der Waals surface area (Å²) in [7, 11) is 1.48. The van der Waals surface area contributed by atoms with Crippen molar-refractivity contribution in [3.63, 3.8) is 0 Å². The van der Waals surface area contributed by atoms with Crippen LogP contribution in [0.2, 0.25) is 0 Å². The summed E-state index contributed by atoms with van der Waals surface area (Å²) >= 11 is 0. The largest absolute Gasteiger partial charge is 0.347 e. The van der Waals surface area contributed by atoms with Crippen LogP contribution in [-0.4, -0.2) is 32.9 Å². The lowest BCUT2D eigenvalue weighted by atomic mass is 10.1. The standard InChI is InChI=1S/C12H17N3O4/c1-4-18-12(19-5-2)8-6-7-9(12)15-11(17)13(3)10(16)14(8)15/h6-9H,4-5H2,1-3H3/t8-,9+. The van der Waals surface area contributed by atoms with E-state index in [1.165, 1.54) is 16.4 Å². The van der Waals surface area contributed by atoms with Gasteiger partial charge in [0.1, 0.15) is 12.1 Å². The molecule has 2 bridgehead atoms. The smallest absolute Gasteiger partial charge is 0.346 e. The number of ether oxygens (including phenoxy) is 2. The van der Waals surface area contributed by atoms with Crippen LogP contribution in [0.1, 0.15) is 25.9 Å². The van der Waals surface area contributed by atoms with Crippen LogP contribution < -0.4 is 11.4 Å². The van der Waals surface area contributed by atoms with E-state index in [9.17, 15) is 9.59 Å². The average Bonchev–Trinajstić information content (AvgIpc) is 2.94. The molecule has 1 aliphatic heterocycles. The molecular weight excluding hydrogens is 250 g/mol. The first-order chi connectivity index (χ1) is 9.08. The van der Waals surface area contributed by atoms with Gasteiger partial charge in [0.2, 0.25) is 5.79 Å². The van der Waals surface area contributed by atoms with Crippen molar-refractivity contribution in [3.8, 4) is 0 Å². The van der Waals surface area contributed by atoms with Crippen molar-refractivity contribution < 1.29 is 9.47 Å². The third-order valence-corrected chi connectivity index (χ3v) is 3.77. The van der Waals surface area contributed by atoms with E-state index >= 15 is 0 Å². The second kappa shape index (κ2) is 3.94. The molecule has 0 aromatic carbocycles. The first-order valence-electron chi connectivity index (χ1n) is 6.44. The van der Waals surface area contributed by atoms with Gasteiger partial charge in [-0.25, -0.2) is 23.5 Å².